The fraction of sp³-hybridized carbons (Fsp3) is 0.333. The van der Waals surface area contributed by atoms with Crippen LogP contribution in [0.25, 0.3) is 0 Å². The van der Waals surface area contributed by atoms with Crippen molar-refractivity contribution in [1.82, 2.24) is 0 Å². The SMILES string of the molecule is COc1ccc(CNc2ccc3c(c2)CCC3)cc1C. The highest BCUT2D eigenvalue weighted by Gasteiger charge is 2.10. The lowest BCUT2D eigenvalue weighted by Crippen LogP contribution is -2.01. The number of benzene rings is 2. The average molecular weight is 267 g/mol. The van der Waals surface area contributed by atoms with Crippen molar-refractivity contribution < 1.29 is 4.74 Å². The van der Waals surface area contributed by atoms with Gasteiger partial charge in [-0.1, -0.05) is 18.2 Å². The van der Waals surface area contributed by atoms with Gasteiger partial charge in [0.1, 0.15) is 5.75 Å². The standard InChI is InChI=1S/C18H21NO/c1-13-10-14(6-9-18(13)20-2)12-19-17-8-7-15-4-3-5-16(15)11-17/h6-11,19H,3-5,12H2,1-2H3. The van der Waals surface area contributed by atoms with E-state index in [1.54, 1.807) is 7.11 Å². The lowest BCUT2D eigenvalue weighted by atomic mass is 10.1. The Bertz CT molecular complexity index is 619. The van der Waals surface area contributed by atoms with E-state index >= 15 is 0 Å². The van der Waals surface area contributed by atoms with Crippen molar-refractivity contribution in [3.63, 3.8) is 0 Å². The van der Waals surface area contributed by atoms with Gasteiger partial charge in [0.25, 0.3) is 0 Å². The number of anilines is 1. The summed E-state index contributed by atoms with van der Waals surface area (Å²) in [6, 6.07) is 13.1. The average Bonchev–Trinajstić information content (AvgIpc) is 2.92. The van der Waals surface area contributed by atoms with Crippen molar-refractivity contribution in [3.05, 3.63) is 58.7 Å². The van der Waals surface area contributed by atoms with Crippen LogP contribution in [-0.2, 0) is 19.4 Å². The Morgan fingerprint density at radius 2 is 1.90 bits per heavy atom. The number of methoxy groups -OCH3 is 1. The van der Waals surface area contributed by atoms with Gasteiger partial charge in [0.15, 0.2) is 0 Å². The Labute approximate surface area is 120 Å². The van der Waals surface area contributed by atoms with Crippen LogP contribution in [0.2, 0.25) is 0 Å². The third kappa shape index (κ3) is 2.64. The summed E-state index contributed by atoms with van der Waals surface area (Å²) in [7, 11) is 1.71. The molecule has 2 aromatic rings. The van der Waals surface area contributed by atoms with E-state index < -0.39 is 0 Å². The van der Waals surface area contributed by atoms with E-state index in [2.05, 4.69) is 42.6 Å². The Hall–Kier alpha value is -1.96. The normalized spacial score (nSPS) is 13.1. The van der Waals surface area contributed by atoms with Gasteiger partial charge in [0.05, 0.1) is 7.11 Å². The molecule has 0 saturated heterocycles. The maximum Gasteiger partial charge on any atom is 0.121 e. The van der Waals surface area contributed by atoms with E-state index in [0.29, 0.717) is 0 Å². The van der Waals surface area contributed by atoms with Crippen molar-refractivity contribution in [2.75, 3.05) is 12.4 Å². The summed E-state index contributed by atoms with van der Waals surface area (Å²) in [5, 5.41) is 3.51. The van der Waals surface area contributed by atoms with Gasteiger partial charge in [-0.15, -0.1) is 0 Å². The zero-order chi connectivity index (χ0) is 13.9. The van der Waals surface area contributed by atoms with Gasteiger partial charge in [-0.05, 0) is 66.6 Å². The second-order valence-corrected chi connectivity index (χ2v) is 5.49. The summed E-state index contributed by atoms with van der Waals surface area (Å²) in [6.45, 7) is 2.93. The van der Waals surface area contributed by atoms with Crippen LogP contribution < -0.4 is 10.1 Å². The first-order valence-electron chi connectivity index (χ1n) is 7.25. The highest BCUT2D eigenvalue weighted by molar-refractivity contribution is 5.50. The number of hydrogen-bond donors (Lipinski definition) is 1. The summed E-state index contributed by atoms with van der Waals surface area (Å²) < 4.78 is 5.29. The van der Waals surface area contributed by atoms with Crippen LogP contribution in [0, 0.1) is 6.92 Å². The van der Waals surface area contributed by atoms with Gasteiger partial charge in [-0.3, -0.25) is 0 Å². The van der Waals surface area contributed by atoms with Crippen molar-refractivity contribution in [2.45, 2.75) is 32.7 Å². The van der Waals surface area contributed by atoms with Gasteiger partial charge in [0, 0.05) is 12.2 Å². The van der Waals surface area contributed by atoms with Gasteiger partial charge >= 0.3 is 0 Å². The zero-order valence-electron chi connectivity index (χ0n) is 12.2. The molecule has 1 aliphatic carbocycles. The number of fused-ring (bicyclic) bond motifs is 1. The predicted molar refractivity (Wildman–Crippen MR) is 83.5 cm³/mol. The molecule has 0 amide bonds. The van der Waals surface area contributed by atoms with Gasteiger partial charge < -0.3 is 10.1 Å². The molecule has 0 unspecified atom stereocenters. The molecule has 3 rings (SSSR count). The minimum Gasteiger partial charge on any atom is -0.496 e. The van der Waals surface area contributed by atoms with E-state index in [4.69, 9.17) is 4.74 Å². The smallest absolute Gasteiger partial charge is 0.121 e. The molecule has 0 spiro atoms. The predicted octanol–water partition coefficient (Wildman–Crippen LogP) is 4.10. The van der Waals surface area contributed by atoms with E-state index in [-0.39, 0.29) is 0 Å². The molecule has 0 saturated carbocycles. The van der Waals surface area contributed by atoms with Gasteiger partial charge in [-0.2, -0.15) is 0 Å². The first kappa shape index (κ1) is 13.0. The highest BCUT2D eigenvalue weighted by atomic mass is 16.5. The maximum absolute atomic E-state index is 5.29. The van der Waals surface area contributed by atoms with E-state index in [1.807, 2.05) is 6.07 Å². The number of rotatable bonds is 4. The molecule has 0 bridgehead atoms. The molecule has 1 aliphatic rings. The Morgan fingerprint density at radius 3 is 2.70 bits per heavy atom. The molecule has 0 fully saturated rings. The van der Waals surface area contributed by atoms with Gasteiger partial charge in [0.2, 0.25) is 0 Å². The highest BCUT2D eigenvalue weighted by Crippen LogP contribution is 2.25. The molecule has 0 aliphatic heterocycles. The molecule has 0 radical (unpaired) electrons. The molecule has 20 heavy (non-hydrogen) atoms. The lowest BCUT2D eigenvalue weighted by Gasteiger charge is -2.11. The molecule has 0 atom stereocenters. The quantitative estimate of drug-likeness (QED) is 0.900. The minimum absolute atomic E-state index is 0.851. The molecular weight excluding hydrogens is 246 g/mol. The van der Waals surface area contributed by atoms with Crippen molar-refractivity contribution in [3.8, 4) is 5.75 Å². The maximum atomic E-state index is 5.29. The molecule has 2 heteroatoms. The van der Waals surface area contributed by atoms with Crippen LogP contribution in [0.1, 0.15) is 28.7 Å². The Kier molecular flexibility index (Phi) is 3.64. The Balaban J connectivity index is 1.69. The zero-order valence-corrected chi connectivity index (χ0v) is 12.2. The monoisotopic (exact) mass is 267 g/mol. The molecule has 0 heterocycles. The van der Waals surface area contributed by atoms with Crippen LogP contribution >= 0.6 is 0 Å². The number of aryl methyl sites for hydroxylation is 3. The summed E-state index contributed by atoms with van der Waals surface area (Å²) >= 11 is 0. The number of nitrogens with one attached hydrogen (secondary N) is 1. The second kappa shape index (κ2) is 5.58. The summed E-state index contributed by atoms with van der Waals surface area (Å²) in [5.74, 6) is 0.950. The van der Waals surface area contributed by atoms with Crippen LogP contribution in [0.15, 0.2) is 36.4 Å². The van der Waals surface area contributed by atoms with Gasteiger partial charge in [-0.25, -0.2) is 0 Å². The summed E-state index contributed by atoms with van der Waals surface area (Å²) in [4.78, 5) is 0. The topological polar surface area (TPSA) is 21.3 Å². The molecule has 1 N–H and O–H groups in total. The summed E-state index contributed by atoms with van der Waals surface area (Å²) in [5.41, 5.74) is 6.72. The van der Waals surface area contributed by atoms with E-state index in [1.165, 1.54) is 47.2 Å². The molecule has 0 aromatic heterocycles. The molecule has 2 nitrogen and oxygen atoms in total. The first-order chi connectivity index (χ1) is 9.76. The van der Waals surface area contributed by atoms with E-state index in [9.17, 15) is 0 Å². The fourth-order valence-electron chi connectivity index (χ4n) is 2.94. The van der Waals surface area contributed by atoms with Crippen molar-refractivity contribution in [2.24, 2.45) is 0 Å². The van der Waals surface area contributed by atoms with Crippen LogP contribution in [-0.4, -0.2) is 7.11 Å². The number of ether oxygens (including phenoxy) is 1. The summed E-state index contributed by atoms with van der Waals surface area (Å²) in [6.07, 6.45) is 3.77. The molecular formula is C18H21NO. The first-order valence-corrected chi connectivity index (χ1v) is 7.25. The minimum atomic E-state index is 0.851. The van der Waals surface area contributed by atoms with Crippen LogP contribution in [0.3, 0.4) is 0 Å². The van der Waals surface area contributed by atoms with Crippen molar-refractivity contribution in [1.29, 1.82) is 0 Å². The number of hydrogen-bond acceptors (Lipinski definition) is 2. The van der Waals surface area contributed by atoms with Crippen molar-refractivity contribution >= 4 is 5.69 Å². The fourth-order valence-corrected chi connectivity index (χ4v) is 2.94. The van der Waals surface area contributed by atoms with E-state index in [0.717, 1.165) is 12.3 Å². The lowest BCUT2D eigenvalue weighted by molar-refractivity contribution is 0.411. The largest absolute Gasteiger partial charge is 0.496 e. The molecule has 2 aromatic carbocycles. The molecule has 104 valence electrons. The third-order valence-electron chi connectivity index (χ3n) is 4.05. The Morgan fingerprint density at radius 1 is 1.05 bits per heavy atom. The van der Waals surface area contributed by atoms with Crippen LogP contribution in [0.5, 0.6) is 5.75 Å². The van der Waals surface area contributed by atoms with Crippen LogP contribution in [0.4, 0.5) is 5.69 Å². The third-order valence-corrected chi connectivity index (χ3v) is 4.05. The second-order valence-electron chi connectivity index (χ2n) is 5.49.